The first-order chi connectivity index (χ1) is 9.24. The highest BCUT2D eigenvalue weighted by Gasteiger charge is 2.22. The Morgan fingerprint density at radius 1 is 1.53 bits per heavy atom. The number of nitrogens with zero attached hydrogens (tertiary/aromatic N) is 2. The first-order valence-electron chi connectivity index (χ1n) is 7.23. The maximum Gasteiger partial charge on any atom is 0.0820 e. The summed E-state index contributed by atoms with van der Waals surface area (Å²) in [6.45, 7) is 5.23. The van der Waals surface area contributed by atoms with Crippen LogP contribution in [0.3, 0.4) is 0 Å². The predicted molar refractivity (Wildman–Crippen MR) is 80.6 cm³/mol. The van der Waals surface area contributed by atoms with Gasteiger partial charge in [0, 0.05) is 30.2 Å². The quantitative estimate of drug-likeness (QED) is 0.870. The normalized spacial score (nSPS) is 21.8. The van der Waals surface area contributed by atoms with E-state index in [0.717, 1.165) is 43.1 Å². The Hall–Kier alpha value is -0.520. The summed E-state index contributed by atoms with van der Waals surface area (Å²) in [5.74, 6) is 2.10. The van der Waals surface area contributed by atoms with Crippen molar-refractivity contribution in [3.63, 3.8) is 0 Å². The molecule has 0 spiro atoms. The number of thioether (sulfide) groups is 1. The van der Waals surface area contributed by atoms with Crippen LogP contribution in [0.2, 0.25) is 0 Å². The van der Waals surface area contributed by atoms with E-state index in [9.17, 15) is 0 Å². The van der Waals surface area contributed by atoms with E-state index in [1.165, 1.54) is 0 Å². The number of hydrogen-bond acceptors (Lipinski definition) is 4. The minimum atomic E-state index is 0.0536. The Bertz CT molecular complexity index is 373. The average Bonchev–Trinajstić information content (AvgIpc) is 2.89. The molecule has 19 heavy (non-hydrogen) atoms. The van der Waals surface area contributed by atoms with Gasteiger partial charge in [-0.15, -0.1) is 0 Å². The fourth-order valence-corrected chi connectivity index (χ4v) is 3.44. The van der Waals surface area contributed by atoms with Crippen LogP contribution in [-0.4, -0.2) is 40.0 Å². The number of hydrogen-bond donors (Lipinski definition) is 1. The molecule has 0 bridgehead atoms. The molecule has 1 aromatic heterocycles. The molecule has 1 aromatic rings. The summed E-state index contributed by atoms with van der Waals surface area (Å²) < 4.78 is 7.81. The zero-order valence-corrected chi connectivity index (χ0v) is 12.7. The van der Waals surface area contributed by atoms with Crippen molar-refractivity contribution in [2.75, 3.05) is 18.1 Å². The van der Waals surface area contributed by atoms with Crippen LogP contribution in [0.1, 0.15) is 38.4 Å². The molecule has 2 atom stereocenters. The second-order valence-electron chi connectivity index (χ2n) is 5.11. The second-order valence-corrected chi connectivity index (χ2v) is 6.26. The molecule has 1 fully saturated rings. The number of rotatable bonds is 6. The van der Waals surface area contributed by atoms with Gasteiger partial charge >= 0.3 is 0 Å². The molecule has 2 unspecified atom stereocenters. The maximum atomic E-state index is 6.24. The van der Waals surface area contributed by atoms with E-state index in [2.05, 4.69) is 35.9 Å². The summed E-state index contributed by atoms with van der Waals surface area (Å²) in [5.41, 5.74) is 7.33. The summed E-state index contributed by atoms with van der Waals surface area (Å²) in [6, 6.07) is 2.65. The van der Waals surface area contributed by atoms with Crippen molar-refractivity contribution in [3.05, 3.63) is 18.0 Å². The fraction of sp³-hybridized carbons (Fsp3) is 0.786. The van der Waals surface area contributed by atoms with Crippen LogP contribution < -0.4 is 5.73 Å². The largest absolute Gasteiger partial charge is 0.375 e. The highest BCUT2D eigenvalue weighted by atomic mass is 32.2. The molecular formula is C14H25N3OS. The summed E-state index contributed by atoms with van der Waals surface area (Å²) in [4.78, 5) is 0. The first-order valence-corrected chi connectivity index (χ1v) is 8.39. The van der Waals surface area contributed by atoms with Crippen LogP contribution in [0.5, 0.6) is 0 Å². The zero-order chi connectivity index (χ0) is 13.7. The van der Waals surface area contributed by atoms with Crippen LogP contribution in [0.15, 0.2) is 12.3 Å². The average molecular weight is 283 g/mol. The maximum absolute atomic E-state index is 6.24. The molecule has 0 aromatic carbocycles. The highest BCUT2D eigenvalue weighted by Crippen LogP contribution is 2.18. The van der Waals surface area contributed by atoms with Crippen molar-refractivity contribution in [1.29, 1.82) is 0 Å². The van der Waals surface area contributed by atoms with Gasteiger partial charge in [0.2, 0.25) is 0 Å². The SMILES string of the molecule is CCC(CC)n1ccc(CC(N)C2CSCCO2)n1. The summed E-state index contributed by atoms with van der Waals surface area (Å²) in [5, 5.41) is 4.66. The van der Waals surface area contributed by atoms with E-state index in [1.54, 1.807) is 0 Å². The van der Waals surface area contributed by atoms with Crippen molar-refractivity contribution < 1.29 is 4.74 Å². The lowest BCUT2D eigenvalue weighted by atomic mass is 10.1. The molecule has 1 aliphatic heterocycles. The molecule has 0 radical (unpaired) electrons. The number of nitrogens with two attached hydrogens (primary N) is 1. The molecule has 2 heterocycles. The van der Waals surface area contributed by atoms with Crippen LogP contribution in [0.4, 0.5) is 0 Å². The molecule has 2 rings (SSSR count). The van der Waals surface area contributed by atoms with Gasteiger partial charge < -0.3 is 10.5 Å². The van der Waals surface area contributed by atoms with Gasteiger partial charge in [-0.1, -0.05) is 13.8 Å². The number of aromatic nitrogens is 2. The number of ether oxygens (including phenoxy) is 1. The molecule has 2 N–H and O–H groups in total. The van der Waals surface area contributed by atoms with Crippen molar-refractivity contribution in [1.82, 2.24) is 9.78 Å². The minimum absolute atomic E-state index is 0.0536. The molecule has 0 amide bonds. The van der Waals surface area contributed by atoms with Gasteiger partial charge in [-0.05, 0) is 18.9 Å². The molecule has 1 aliphatic rings. The van der Waals surface area contributed by atoms with Crippen LogP contribution in [0.25, 0.3) is 0 Å². The summed E-state index contributed by atoms with van der Waals surface area (Å²) >= 11 is 1.93. The van der Waals surface area contributed by atoms with Gasteiger partial charge in [0.15, 0.2) is 0 Å². The topological polar surface area (TPSA) is 53.1 Å². The van der Waals surface area contributed by atoms with Gasteiger partial charge in [0.1, 0.15) is 0 Å². The lowest BCUT2D eigenvalue weighted by Crippen LogP contribution is -2.42. The molecule has 0 saturated carbocycles. The first kappa shape index (κ1) is 14.9. The van der Waals surface area contributed by atoms with E-state index < -0.39 is 0 Å². The van der Waals surface area contributed by atoms with E-state index in [4.69, 9.17) is 10.5 Å². The second kappa shape index (κ2) is 7.31. The lowest BCUT2D eigenvalue weighted by Gasteiger charge is -2.27. The standard InChI is InChI=1S/C14H25N3OS/c1-3-12(4-2)17-6-5-11(16-17)9-13(15)14-10-19-8-7-18-14/h5-6,12-14H,3-4,7-10,15H2,1-2H3. The zero-order valence-electron chi connectivity index (χ0n) is 11.9. The molecule has 1 saturated heterocycles. The Morgan fingerprint density at radius 3 is 2.95 bits per heavy atom. The van der Waals surface area contributed by atoms with Crippen molar-refractivity contribution in [3.8, 4) is 0 Å². The highest BCUT2D eigenvalue weighted by molar-refractivity contribution is 7.99. The van der Waals surface area contributed by atoms with Crippen molar-refractivity contribution >= 4 is 11.8 Å². The third-order valence-corrected chi connectivity index (χ3v) is 4.76. The molecular weight excluding hydrogens is 258 g/mol. The molecule has 0 aliphatic carbocycles. The van der Waals surface area contributed by atoms with Gasteiger partial charge in [-0.25, -0.2) is 0 Å². The lowest BCUT2D eigenvalue weighted by molar-refractivity contribution is 0.0569. The van der Waals surface area contributed by atoms with Crippen LogP contribution in [-0.2, 0) is 11.2 Å². The van der Waals surface area contributed by atoms with Gasteiger partial charge in [-0.3, -0.25) is 4.68 Å². The Balaban J connectivity index is 1.91. The van der Waals surface area contributed by atoms with Gasteiger partial charge in [-0.2, -0.15) is 16.9 Å². The third kappa shape index (κ3) is 3.97. The molecule has 5 heteroatoms. The Morgan fingerprint density at radius 2 is 2.32 bits per heavy atom. The Labute approximate surface area is 120 Å². The van der Waals surface area contributed by atoms with E-state index >= 15 is 0 Å². The summed E-state index contributed by atoms with van der Waals surface area (Å²) in [7, 11) is 0. The predicted octanol–water partition coefficient (Wildman–Crippen LogP) is 2.25. The van der Waals surface area contributed by atoms with Gasteiger partial charge in [0.05, 0.1) is 24.4 Å². The minimum Gasteiger partial charge on any atom is -0.375 e. The van der Waals surface area contributed by atoms with E-state index in [1.807, 2.05) is 11.8 Å². The third-order valence-electron chi connectivity index (χ3n) is 3.74. The van der Waals surface area contributed by atoms with Gasteiger partial charge in [0.25, 0.3) is 0 Å². The van der Waals surface area contributed by atoms with Crippen molar-refractivity contribution in [2.45, 2.75) is 51.3 Å². The monoisotopic (exact) mass is 283 g/mol. The van der Waals surface area contributed by atoms with E-state index in [0.29, 0.717) is 6.04 Å². The van der Waals surface area contributed by atoms with E-state index in [-0.39, 0.29) is 12.1 Å². The molecule has 108 valence electrons. The fourth-order valence-electron chi connectivity index (χ4n) is 2.48. The van der Waals surface area contributed by atoms with Crippen LogP contribution in [0, 0.1) is 0 Å². The van der Waals surface area contributed by atoms with Crippen LogP contribution >= 0.6 is 11.8 Å². The Kier molecular flexibility index (Phi) is 5.73. The molecule has 4 nitrogen and oxygen atoms in total. The van der Waals surface area contributed by atoms with Crippen molar-refractivity contribution in [2.24, 2.45) is 5.73 Å². The smallest absolute Gasteiger partial charge is 0.0820 e. The summed E-state index contributed by atoms with van der Waals surface area (Å²) in [6.07, 6.45) is 5.30.